The fourth-order valence-corrected chi connectivity index (χ4v) is 2.84. The molecule has 1 amide bonds. The average Bonchev–Trinajstić information content (AvgIpc) is 2.69. The fourth-order valence-electron chi connectivity index (χ4n) is 1.79. The maximum Gasteiger partial charge on any atom is 0.242 e. The molecule has 2 rings (SSSR count). The molecule has 3 N–H and O–H groups in total. The van der Waals surface area contributed by atoms with E-state index in [1.807, 2.05) is 0 Å². The highest BCUT2D eigenvalue weighted by Gasteiger charge is 2.20. The summed E-state index contributed by atoms with van der Waals surface area (Å²) in [6.07, 6.45) is 0.966. The van der Waals surface area contributed by atoms with Crippen LogP contribution in [0.25, 0.3) is 0 Å². The third kappa shape index (κ3) is 4.57. The first-order valence-corrected chi connectivity index (χ1v) is 6.69. The first kappa shape index (κ1) is 18.6. The number of hydrogen-bond donors (Lipinski definition) is 2. The standard InChI is InChI=1S/C11H18N4OS.2ClH/c1-3-15-5-4-8-9(6-15)17-11(13-8)14-10(16)7(2)12;;/h7H,3-6,12H2,1-2H3,(H,13,14,16);2*1H/t7-;;/m1../s1. The van der Waals surface area contributed by atoms with Crippen LogP contribution in [0, 0.1) is 0 Å². The Morgan fingerprint density at radius 2 is 2.26 bits per heavy atom. The molecule has 1 aromatic heterocycles. The summed E-state index contributed by atoms with van der Waals surface area (Å²) in [7, 11) is 0. The number of halogens is 2. The molecule has 1 aliphatic rings. The van der Waals surface area contributed by atoms with Crippen molar-refractivity contribution in [2.24, 2.45) is 5.73 Å². The number of nitrogens with two attached hydrogens (primary N) is 1. The van der Waals surface area contributed by atoms with Gasteiger partial charge in [-0.3, -0.25) is 9.69 Å². The van der Waals surface area contributed by atoms with Crippen LogP contribution in [0.2, 0.25) is 0 Å². The zero-order valence-electron chi connectivity index (χ0n) is 11.0. The van der Waals surface area contributed by atoms with Crippen LogP contribution in [-0.2, 0) is 17.8 Å². The number of anilines is 1. The highest BCUT2D eigenvalue weighted by atomic mass is 35.5. The zero-order valence-corrected chi connectivity index (χ0v) is 13.5. The molecule has 1 aromatic rings. The van der Waals surface area contributed by atoms with Crippen molar-refractivity contribution in [3.05, 3.63) is 10.6 Å². The van der Waals surface area contributed by atoms with Gasteiger partial charge in [0.2, 0.25) is 5.91 Å². The van der Waals surface area contributed by atoms with E-state index in [1.165, 1.54) is 4.88 Å². The van der Waals surface area contributed by atoms with Crippen molar-refractivity contribution in [3.63, 3.8) is 0 Å². The van der Waals surface area contributed by atoms with E-state index in [1.54, 1.807) is 18.3 Å². The lowest BCUT2D eigenvalue weighted by atomic mass is 10.2. The number of rotatable bonds is 3. The van der Waals surface area contributed by atoms with Gasteiger partial charge in [-0.15, -0.1) is 36.2 Å². The van der Waals surface area contributed by atoms with E-state index >= 15 is 0 Å². The van der Waals surface area contributed by atoms with Gasteiger partial charge in [0.15, 0.2) is 5.13 Å². The van der Waals surface area contributed by atoms with E-state index in [0.717, 1.165) is 31.7 Å². The lowest BCUT2D eigenvalue weighted by Crippen LogP contribution is -2.32. The summed E-state index contributed by atoms with van der Waals surface area (Å²) in [6, 6.07) is -0.497. The molecule has 110 valence electrons. The van der Waals surface area contributed by atoms with Crippen LogP contribution in [0.5, 0.6) is 0 Å². The summed E-state index contributed by atoms with van der Waals surface area (Å²) in [5, 5.41) is 3.43. The summed E-state index contributed by atoms with van der Waals surface area (Å²) in [5.74, 6) is -0.177. The topological polar surface area (TPSA) is 71.2 Å². The summed E-state index contributed by atoms with van der Waals surface area (Å²) in [4.78, 5) is 19.5. The van der Waals surface area contributed by atoms with E-state index in [2.05, 4.69) is 22.1 Å². The Kier molecular flexibility index (Phi) is 7.85. The first-order chi connectivity index (χ1) is 8.10. The average molecular weight is 327 g/mol. The number of amides is 1. The molecule has 1 aliphatic heterocycles. The van der Waals surface area contributed by atoms with Crippen molar-refractivity contribution < 1.29 is 4.79 Å². The minimum atomic E-state index is -0.497. The van der Waals surface area contributed by atoms with Crippen LogP contribution in [0.1, 0.15) is 24.4 Å². The van der Waals surface area contributed by atoms with Gasteiger partial charge in [-0.05, 0) is 13.5 Å². The fraction of sp³-hybridized carbons (Fsp3) is 0.636. The monoisotopic (exact) mass is 326 g/mol. The summed E-state index contributed by atoms with van der Waals surface area (Å²) in [5.41, 5.74) is 6.63. The van der Waals surface area contributed by atoms with Crippen LogP contribution < -0.4 is 11.1 Å². The Bertz CT molecular complexity index is 425. The van der Waals surface area contributed by atoms with E-state index in [-0.39, 0.29) is 30.7 Å². The van der Waals surface area contributed by atoms with Crippen molar-refractivity contribution >= 4 is 47.2 Å². The van der Waals surface area contributed by atoms with E-state index in [9.17, 15) is 4.79 Å². The van der Waals surface area contributed by atoms with Crippen molar-refractivity contribution in [3.8, 4) is 0 Å². The molecule has 8 heteroatoms. The van der Waals surface area contributed by atoms with Crippen molar-refractivity contribution in [1.82, 2.24) is 9.88 Å². The smallest absolute Gasteiger partial charge is 0.242 e. The number of nitrogens with one attached hydrogen (secondary N) is 1. The van der Waals surface area contributed by atoms with Gasteiger partial charge in [0.25, 0.3) is 0 Å². The number of nitrogens with zero attached hydrogens (tertiary/aromatic N) is 2. The molecular formula is C11H20Cl2N4OS. The predicted molar refractivity (Wildman–Crippen MR) is 83.5 cm³/mol. The molecule has 19 heavy (non-hydrogen) atoms. The molecule has 0 fully saturated rings. The van der Waals surface area contributed by atoms with Gasteiger partial charge in [-0.1, -0.05) is 6.92 Å². The summed E-state index contributed by atoms with van der Waals surface area (Å²) < 4.78 is 0. The van der Waals surface area contributed by atoms with Crippen LogP contribution in [0.15, 0.2) is 0 Å². The van der Waals surface area contributed by atoms with E-state index < -0.39 is 6.04 Å². The lowest BCUT2D eigenvalue weighted by Gasteiger charge is -2.23. The SMILES string of the molecule is CCN1CCc2nc(NC(=O)[C@@H](C)N)sc2C1.Cl.Cl. The second-order valence-corrected chi connectivity index (χ2v) is 5.37. The minimum Gasteiger partial charge on any atom is -0.320 e. The molecule has 5 nitrogen and oxygen atoms in total. The number of hydrogen-bond acceptors (Lipinski definition) is 5. The quantitative estimate of drug-likeness (QED) is 0.886. The zero-order chi connectivity index (χ0) is 12.4. The van der Waals surface area contributed by atoms with E-state index in [0.29, 0.717) is 5.13 Å². The van der Waals surface area contributed by atoms with E-state index in [4.69, 9.17) is 5.73 Å². The van der Waals surface area contributed by atoms with Crippen molar-refractivity contribution in [2.45, 2.75) is 32.9 Å². The van der Waals surface area contributed by atoms with Gasteiger partial charge in [-0.2, -0.15) is 0 Å². The van der Waals surface area contributed by atoms with Crippen LogP contribution in [0.4, 0.5) is 5.13 Å². The lowest BCUT2D eigenvalue weighted by molar-refractivity contribution is -0.117. The molecule has 2 heterocycles. The molecule has 0 radical (unpaired) electrons. The Labute approximate surface area is 129 Å². The van der Waals surface area contributed by atoms with Gasteiger partial charge >= 0.3 is 0 Å². The second kappa shape index (κ2) is 8.01. The second-order valence-electron chi connectivity index (χ2n) is 4.29. The van der Waals surface area contributed by atoms with Gasteiger partial charge < -0.3 is 11.1 Å². The molecule has 1 atom stereocenters. The molecule has 0 saturated heterocycles. The molecule has 0 aliphatic carbocycles. The third-order valence-corrected chi connectivity index (χ3v) is 3.90. The van der Waals surface area contributed by atoms with Crippen LogP contribution in [0.3, 0.4) is 0 Å². The first-order valence-electron chi connectivity index (χ1n) is 5.87. The molecule has 0 bridgehead atoms. The number of aromatic nitrogens is 1. The highest BCUT2D eigenvalue weighted by Crippen LogP contribution is 2.28. The maximum atomic E-state index is 11.5. The van der Waals surface area contributed by atoms with Crippen molar-refractivity contribution in [1.29, 1.82) is 0 Å². The summed E-state index contributed by atoms with van der Waals surface area (Å²) in [6.45, 7) is 6.87. The van der Waals surface area contributed by atoms with Gasteiger partial charge in [0.1, 0.15) is 0 Å². The van der Waals surface area contributed by atoms with Crippen LogP contribution in [-0.4, -0.2) is 34.9 Å². The molecular weight excluding hydrogens is 307 g/mol. The number of likely N-dealkylation sites (N-methyl/N-ethyl adjacent to an activating group) is 1. The Balaban J connectivity index is 0.00000162. The van der Waals surface area contributed by atoms with Gasteiger partial charge in [0.05, 0.1) is 11.7 Å². The van der Waals surface area contributed by atoms with Gasteiger partial charge in [0, 0.05) is 24.4 Å². The molecule has 0 unspecified atom stereocenters. The molecule has 0 saturated carbocycles. The third-order valence-electron chi connectivity index (χ3n) is 2.90. The predicted octanol–water partition coefficient (Wildman–Crippen LogP) is 1.65. The Morgan fingerprint density at radius 1 is 1.58 bits per heavy atom. The van der Waals surface area contributed by atoms with Gasteiger partial charge in [-0.25, -0.2) is 4.98 Å². The number of carbonyl (C=O) groups excluding carboxylic acids is 1. The van der Waals surface area contributed by atoms with Crippen molar-refractivity contribution in [2.75, 3.05) is 18.4 Å². The number of carbonyl (C=O) groups is 1. The Morgan fingerprint density at radius 3 is 2.84 bits per heavy atom. The van der Waals surface area contributed by atoms with Crippen LogP contribution >= 0.6 is 36.2 Å². The molecule has 0 spiro atoms. The largest absolute Gasteiger partial charge is 0.320 e. The Hall–Kier alpha value is -0.400. The highest BCUT2D eigenvalue weighted by molar-refractivity contribution is 7.15. The molecule has 0 aromatic carbocycles. The summed E-state index contributed by atoms with van der Waals surface area (Å²) >= 11 is 1.56. The minimum absolute atomic E-state index is 0. The number of fused-ring (bicyclic) bond motifs is 1. The normalized spacial score (nSPS) is 15.7. The number of thiazole rings is 1. The maximum absolute atomic E-state index is 11.5.